The normalized spacial score (nSPS) is 15.1. The Morgan fingerprint density at radius 3 is 2.67 bits per heavy atom. The highest BCUT2D eigenvalue weighted by Gasteiger charge is 2.27. The molecule has 5 nitrogen and oxygen atoms in total. The lowest BCUT2D eigenvalue weighted by Crippen LogP contribution is -2.38. The van der Waals surface area contributed by atoms with Crippen molar-refractivity contribution in [3.63, 3.8) is 0 Å². The van der Waals surface area contributed by atoms with Crippen LogP contribution >= 0.6 is 0 Å². The fraction of sp³-hybridized carbons (Fsp3) is 0.318. The van der Waals surface area contributed by atoms with Gasteiger partial charge < -0.3 is 4.90 Å². The van der Waals surface area contributed by atoms with E-state index in [1.54, 1.807) is 6.20 Å². The molecule has 1 N–H and O–H groups in total. The molecule has 0 radical (unpaired) electrons. The molecular weight excluding hydrogens is 336 g/mol. The van der Waals surface area contributed by atoms with Gasteiger partial charge in [0, 0.05) is 37.3 Å². The van der Waals surface area contributed by atoms with Crippen LogP contribution in [0.5, 0.6) is 0 Å². The number of nitrogens with one attached hydrogen (secondary N) is 1. The lowest BCUT2D eigenvalue weighted by atomic mass is 9.93. The average Bonchev–Trinajstić information content (AvgIpc) is 3.17. The lowest BCUT2D eigenvalue weighted by molar-refractivity contribution is 0.0705. The molecule has 4 rings (SSSR count). The summed E-state index contributed by atoms with van der Waals surface area (Å²) in [6.45, 7) is 3.44. The maximum atomic E-state index is 12.7. The van der Waals surface area contributed by atoms with Crippen molar-refractivity contribution in [2.45, 2.75) is 32.1 Å². The summed E-state index contributed by atoms with van der Waals surface area (Å²) in [4.78, 5) is 18.9. The first-order valence-electron chi connectivity index (χ1n) is 9.49. The van der Waals surface area contributed by atoms with E-state index >= 15 is 0 Å². The SMILES string of the molecule is Cc1cccnc1C(=O)N1CCC(c2cc(Cc3ccccc3)[nH]n2)CC1. The van der Waals surface area contributed by atoms with Gasteiger partial charge in [0.05, 0.1) is 5.69 Å². The van der Waals surface area contributed by atoms with Gasteiger partial charge in [-0.15, -0.1) is 0 Å². The maximum Gasteiger partial charge on any atom is 0.272 e. The molecule has 5 heteroatoms. The van der Waals surface area contributed by atoms with E-state index in [9.17, 15) is 4.79 Å². The molecule has 0 aliphatic carbocycles. The third-order valence-electron chi connectivity index (χ3n) is 5.30. The molecule has 0 unspecified atom stereocenters. The Morgan fingerprint density at radius 1 is 1.15 bits per heavy atom. The minimum atomic E-state index is 0.0401. The first-order chi connectivity index (χ1) is 13.2. The number of nitrogens with zero attached hydrogens (tertiary/aromatic N) is 3. The number of hydrogen-bond acceptors (Lipinski definition) is 3. The molecule has 1 fully saturated rings. The van der Waals surface area contributed by atoms with Crippen molar-refractivity contribution in [2.24, 2.45) is 0 Å². The number of amides is 1. The summed E-state index contributed by atoms with van der Waals surface area (Å²) in [6, 6.07) is 16.4. The second-order valence-corrected chi connectivity index (χ2v) is 7.22. The Bertz CT molecular complexity index is 911. The van der Waals surface area contributed by atoms with E-state index in [0.29, 0.717) is 11.6 Å². The number of benzene rings is 1. The molecule has 1 amide bonds. The molecule has 3 aromatic rings. The Morgan fingerprint density at radius 2 is 1.93 bits per heavy atom. The van der Waals surface area contributed by atoms with E-state index in [4.69, 9.17) is 0 Å². The Hall–Kier alpha value is -2.95. The maximum absolute atomic E-state index is 12.7. The Kier molecular flexibility index (Phi) is 5.01. The van der Waals surface area contributed by atoms with Crippen LogP contribution in [0.25, 0.3) is 0 Å². The lowest BCUT2D eigenvalue weighted by Gasteiger charge is -2.31. The number of pyridine rings is 1. The van der Waals surface area contributed by atoms with Crippen molar-refractivity contribution in [3.05, 3.63) is 82.9 Å². The highest BCUT2D eigenvalue weighted by Crippen LogP contribution is 2.28. The largest absolute Gasteiger partial charge is 0.337 e. The number of aromatic nitrogens is 3. The van der Waals surface area contributed by atoms with Crippen LogP contribution in [-0.4, -0.2) is 39.1 Å². The summed E-state index contributed by atoms with van der Waals surface area (Å²) in [5, 5.41) is 7.72. The summed E-state index contributed by atoms with van der Waals surface area (Å²) in [7, 11) is 0. The van der Waals surface area contributed by atoms with Gasteiger partial charge in [-0.25, -0.2) is 0 Å². The van der Waals surface area contributed by atoms with E-state index in [1.165, 1.54) is 5.56 Å². The summed E-state index contributed by atoms with van der Waals surface area (Å²) in [5.74, 6) is 0.443. The quantitative estimate of drug-likeness (QED) is 0.771. The molecule has 0 atom stereocenters. The van der Waals surface area contributed by atoms with Gasteiger partial charge in [-0.2, -0.15) is 5.10 Å². The Labute approximate surface area is 159 Å². The first-order valence-corrected chi connectivity index (χ1v) is 9.49. The van der Waals surface area contributed by atoms with Crippen LogP contribution in [-0.2, 0) is 6.42 Å². The molecule has 3 heterocycles. The van der Waals surface area contributed by atoms with Crippen LogP contribution in [0.1, 0.15) is 51.8 Å². The fourth-order valence-electron chi connectivity index (χ4n) is 3.73. The number of carbonyl (C=O) groups excluding carboxylic acids is 1. The standard InChI is InChI=1S/C22H24N4O/c1-16-6-5-11-23-21(16)22(27)26-12-9-18(10-13-26)20-15-19(24-25-20)14-17-7-3-2-4-8-17/h2-8,11,15,18H,9-10,12-14H2,1H3,(H,24,25). The van der Waals surface area contributed by atoms with Gasteiger partial charge in [0.2, 0.25) is 0 Å². The highest BCUT2D eigenvalue weighted by molar-refractivity contribution is 5.93. The highest BCUT2D eigenvalue weighted by atomic mass is 16.2. The summed E-state index contributed by atoms with van der Waals surface area (Å²) in [5.41, 5.74) is 5.03. The predicted molar refractivity (Wildman–Crippen MR) is 105 cm³/mol. The molecule has 1 aliphatic heterocycles. The molecule has 138 valence electrons. The van der Waals surface area contributed by atoms with E-state index < -0.39 is 0 Å². The zero-order valence-electron chi connectivity index (χ0n) is 15.6. The van der Waals surface area contributed by atoms with Crippen molar-refractivity contribution in [1.82, 2.24) is 20.1 Å². The zero-order chi connectivity index (χ0) is 18.6. The van der Waals surface area contributed by atoms with Gasteiger partial charge in [0.1, 0.15) is 5.69 Å². The molecule has 1 aromatic carbocycles. The molecule has 0 saturated carbocycles. The number of aromatic amines is 1. The molecule has 1 saturated heterocycles. The molecule has 2 aromatic heterocycles. The predicted octanol–water partition coefficient (Wildman–Crippen LogP) is 3.72. The van der Waals surface area contributed by atoms with Gasteiger partial charge in [0.15, 0.2) is 0 Å². The topological polar surface area (TPSA) is 61.9 Å². The van der Waals surface area contributed by atoms with Crippen molar-refractivity contribution in [2.75, 3.05) is 13.1 Å². The second-order valence-electron chi connectivity index (χ2n) is 7.22. The van der Waals surface area contributed by atoms with E-state index in [-0.39, 0.29) is 5.91 Å². The smallest absolute Gasteiger partial charge is 0.272 e. The number of piperidine rings is 1. The molecular formula is C22H24N4O. The number of hydrogen-bond donors (Lipinski definition) is 1. The molecule has 27 heavy (non-hydrogen) atoms. The summed E-state index contributed by atoms with van der Waals surface area (Å²) < 4.78 is 0. The van der Waals surface area contributed by atoms with Gasteiger partial charge in [0.25, 0.3) is 5.91 Å². The van der Waals surface area contributed by atoms with E-state index in [1.807, 2.05) is 30.0 Å². The van der Waals surface area contributed by atoms with Crippen LogP contribution in [0.2, 0.25) is 0 Å². The zero-order valence-corrected chi connectivity index (χ0v) is 15.6. The van der Waals surface area contributed by atoms with Gasteiger partial charge in [-0.3, -0.25) is 14.9 Å². The summed E-state index contributed by atoms with van der Waals surface area (Å²) >= 11 is 0. The number of carbonyl (C=O) groups is 1. The van der Waals surface area contributed by atoms with Crippen molar-refractivity contribution in [3.8, 4) is 0 Å². The minimum absolute atomic E-state index is 0.0401. The number of rotatable bonds is 4. The number of likely N-dealkylation sites (tertiary alicyclic amines) is 1. The van der Waals surface area contributed by atoms with Crippen molar-refractivity contribution >= 4 is 5.91 Å². The molecule has 1 aliphatic rings. The average molecular weight is 360 g/mol. The van der Waals surface area contributed by atoms with Gasteiger partial charge >= 0.3 is 0 Å². The van der Waals surface area contributed by atoms with Crippen LogP contribution in [0.4, 0.5) is 0 Å². The van der Waals surface area contributed by atoms with Crippen molar-refractivity contribution < 1.29 is 4.79 Å². The summed E-state index contributed by atoms with van der Waals surface area (Å²) in [6.07, 6.45) is 4.43. The number of H-pyrrole nitrogens is 1. The van der Waals surface area contributed by atoms with Crippen LogP contribution in [0.3, 0.4) is 0 Å². The van der Waals surface area contributed by atoms with E-state index in [2.05, 4.69) is 45.5 Å². The monoisotopic (exact) mass is 360 g/mol. The minimum Gasteiger partial charge on any atom is -0.337 e. The third kappa shape index (κ3) is 3.92. The van der Waals surface area contributed by atoms with Gasteiger partial charge in [-0.05, 0) is 43.0 Å². The molecule has 0 spiro atoms. The fourth-order valence-corrected chi connectivity index (χ4v) is 3.73. The van der Waals surface area contributed by atoms with Crippen LogP contribution < -0.4 is 0 Å². The number of aryl methyl sites for hydroxylation is 1. The molecule has 0 bridgehead atoms. The second kappa shape index (κ2) is 7.74. The third-order valence-corrected chi connectivity index (χ3v) is 5.30. The van der Waals surface area contributed by atoms with Crippen molar-refractivity contribution in [1.29, 1.82) is 0 Å². The van der Waals surface area contributed by atoms with Gasteiger partial charge in [-0.1, -0.05) is 36.4 Å². The Balaban J connectivity index is 1.37. The van der Waals surface area contributed by atoms with Crippen LogP contribution in [0.15, 0.2) is 54.7 Å². The van der Waals surface area contributed by atoms with Crippen LogP contribution in [0, 0.1) is 6.92 Å². The van der Waals surface area contributed by atoms with E-state index in [0.717, 1.165) is 49.3 Å². The first kappa shape index (κ1) is 17.5.